The number of hydrogen-bond donors (Lipinski definition) is 1. The highest BCUT2D eigenvalue weighted by Gasteiger charge is 2.14. The summed E-state index contributed by atoms with van der Waals surface area (Å²) in [6.07, 6.45) is 3.24. The molecular weight excluding hydrogens is 589 g/mol. The van der Waals surface area contributed by atoms with Crippen LogP contribution in [-0.4, -0.2) is 22.8 Å². The van der Waals surface area contributed by atoms with Crippen LogP contribution in [0.5, 0.6) is 11.5 Å². The van der Waals surface area contributed by atoms with Gasteiger partial charge in [0, 0.05) is 21.7 Å². The molecule has 0 atom stereocenters. The molecule has 1 amide bonds. The minimum Gasteiger partial charge on any atom is -0.496 e. The Labute approximate surface area is 240 Å². The highest BCUT2D eigenvalue weighted by atomic mass is 79.9. The number of carbonyl (C=O) groups excluding carboxylic acids is 1. The van der Waals surface area contributed by atoms with Gasteiger partial charge in [-0.05, 0) is 83.4 Å². The van der Waals surface area contributed by atoms with Crippen LogP contribution in [0.15, 0.2) is 71.2 Å². The van der Waals surface area contributed by atoms with Gasteiger partial charge in [0.2, 0.25) is 5.91 Å². The average Bonchev–Trinajstić information content (AvgIpc) is 3.15. The molecule has 1 heterocycles. The summed E-state index contributed by atoms with van der Waals surface area (Å²) in [5, 5.41) is 8.84. The number of nitrogens with one attached hydrogen (secondary N) is 1. The third-order valence-electron chi connectivity index (χ3n) is 5.92. The standard InChI is InChI=1S/C29H26BrCl2N3O3/c1-18-29(19(2)35(34-18)16-21-6-4-5-7-25(21)32)33-28(36)13-9-20-8-11-26(37-3)22(14-20)17-38-27-12-10-23(31)15-24(27)30/h4-15H,16-17H2,1-3H3,(H,33,36). The van der Waals surface area contributed by atoms with Gasteiger partial charge in [0.1, 0.15) is 18.1 Å². The Morgan fingerprint density at radius 2 is 1.82 bits per heavy atom. The lowest BCUT2D eigenvalue weighted by Crippen LogP contribution is -2.10. The number of hydrogen-bond acceptors (Lipinski definition) is 4. The maximum absolute atomic E-state index is 12.8. The fraction of sp³-hybridized carbons (Fsp3) is 0.172. The fourth-order valence-corrected chi connectivity index (χ4v) is 4.91. The van der Waals surface area contributed by atoms with Crippen molar-refractivity contribution in [3.63, 3.8) is 0 Å². The van der Waals surface area contributed by atoms with E-state index in [4.69, 9.17) is 32.7 Å². The van der Waals surface area contributed by atoms with Crippen LogP contribution in [0, 0.1) is 13.8 Å². The van der Waals surface area contributed by atoms with Gasteiger partial charge in [-0.2, -0.15) is 5.10 Å². The van der Waals surface area contributed by atoms with Crippen molar-refractivity contribution in [2.45, 2.75) is 27.0 Å². The lowest BCUT2D eigenvalue weighted by atomic mass is 10.1. The van der Waals surface area contributed by atoms with E-state index in [1.165, 1.54) is 6.08 Å². The van der Waals surface area contributed by atoms with Crippen molar-refractivity contribution < 1.29 is 14.3 Å². The zero-order valence-corrected chi connectivity index (χ0v) is 24.2. The van der Waals surface area contributed by atoms with E-state index in [1.807, 2.05) is 61.0 Å². The molecule has 38 heavy (non-hydrogen) atoms. The lowest BCUT2D eigenvalue weighted by molar-refractivity contribution is -0.111. The molecule has 0 spiro atoms. The third-order valence-corrected chi connectivity index (χ3v) is 7.14. The van der Waals surface area contributed by atoms with Gasteiger partial charge < -0.3 is 14.8 Å². The Hall–Kier alpha value is -3.26. The first kappa shape index (κ1) is 27.8. The normalized spacial score (nSPS) is 11.1. The molecule has 0 aliphatic carbocycles. The second-order valence-corrected chi connectivity index (χ2v) is 10.3. The Bertz CT molecular complexity index is 1500. The SMILES string of the molecule is COc1ccc(C=CC(=O)Nc2c(C)nn(Cc3ccccc3Cl)c2C)cc1COc1ccc(Cl)cc1Br. The summed E-state index contributed by atoms with van der Waals surface area (Å²) in [6.45, 7) is 4.58. The second kappa shape index (κ2) is 12.5. The van der Waals surface area contributed by atoms with Crippen LogP contribution in [0.3, 0.4) is 0 Å². The quantitative estimate of drug-likeness (QED) is 0.195. The molecule has 0 unspecified atom stereocenters. The maximum atomic E-state index is 12.8. The van der Waals surface area contributed by atoms with E-state index in [0.717, 1.165) is 32.6 Å². The smallest absolute Gasteiger partial charge is 0.248 e. The van der Waals surface area contributed by atoms with Gasteiger partial charge in [-0.25, -0.2) is 0 Å². The van der Waals surface area contributed by atoms with Crippen LogP contribution in [0.4, 0.5) is 5.69 Å². The monoisotopic (exact) mass is 613 g/mol. The van der Waals surface area contributed by atoms with E-state index in [-0.39, 0.29) is 12.5 Å². The Morgan fingerprint density at radius 1 is 1.05 bits per heavy atom. The third kappa shape index (κ3) is 6.78. The van der Waals surface area contributed by atoms with Crippen LogP contribution in [-0.2, 0) is 17.9 Å². The van der Waals surface area contributed by atoms with E-state index in [2.05, 4.69) is 26.3 Å². The summed E-state index contributed by atoms with van der Waals surface area (Å²) in [5.74, 6) is 1.10. The Morgan fingerprint density at radius 3 is 2.55 bits per heavy atom. The number of benzene rings is 3. The zero-order valence-electron chi connectivity index (χ0n) is 21.1. The molecule has 0 radical (unpaired) electrons. The van der Waals surface area contributed by atoms with E-state index in [9.17, 15) is 4.79 Å². The van der Waals surface area contributed by atoms with Crippen LogP contribution in [0.2, 0.25) is 10.0 Å². The number of methoxy groups -OCH3 is 1. The van der Waals surface area contributed by atoms with E-state index < -0.39 is 0 Å². The molecule has 1 N–H and O–H groups in total. The number of ether oxygens (including phenoxy) is 2. The van der Waals surface area contributed by atoms with Gasteiger partial charge >= 0.3 is 0 Å². The van der Waals surface area contributed by atoms with Crippen molar-refractivity contribution in [1.82, 2.24) is 9.78 Å². The fourth-order valence-electron chi connectivity index (χ4n) is 3.92. The summed E-state index contributed by atoms with van der Waals surface area (Å²) >= 11 is 15.8. The van der Waals surface area contributed by atoms with E-state index in [1.54, 1.807) is 31.4 Å². The largest absolute Gasteiger partial charge is 0.496 e. The van der Waals surface area contributed by atoms with Gasteiger partial charge in [0.25, 0.3) is 0 Å². The second-order valence-electron chi connectivity index (χ2n) is 8.55. The van der Waals surface area contributed by atoms with E-state index in [0.29, 0.717) is 33.8 Å². The zero-order chi connectivity index (χ0) is 27.2. The van der Waals surface area contributed by atoms with Crippen LogP contribution in [0.25, 0.3) is 6.08 Å². The lowest BCUT2D eigenvalue weighted by Gasteiger charge is -2.12. The van der Waals surface area contributed by atoms with Gasteiger partial charge in [-0.15, -0.1) is 0 Å². The maximum Gasteiger partial charge on any atom is 0.248 e. The van der Waals surface area contributed by atoms with Gasteiger partial charge in [0.05, 0.1) is 35.2 Å². The average molecular weight is 615 g/mol. The molecule has 0 bridgehead atoms. The first-order chi connectivity index (χ1) is 18.2. The number of carbonyl (C=O) groups is 1. The van der Waals surface area contributed by atoms with Gasteiger partial charge in [-0.3, -0.25) is 9.48 Å². The highest BCUT2D eigenvalue weighted by molar-refractivity contribution is 9.10. The van der Waals surface area contributed by atoms with Crippen molar-refractivity contribution in [1.29, 1.82) is 0 Å². The predicted octanol–water partition coefficient (Wildman–Crippen LogP) is 7.86. The van der Waals surface area contributed by atoms with Crippen LogP contribution < -0.4 is 14.8 Å². The molecule has 4 aromatic rings. The molecule has 1 aromatic heterocycles. The molecular formula is C29H26BrCl2N3O3. The van der Waals surface area contributed by atoms with Crippen LogP contribution in [0.1, 0.15) is 28.1 Å². The molecule has 0 aliphatic rings. The summed E-state index contributed by atoms with van der Waals surface area (Å²) in [7, 11) is 1.61. The molecule has 3 aromatic carbocycles. The number of anilines is 1. The molecule has 0 fully saturated rings. The number of aryl methyl sites for hydroxylation is 1. The number of aromatic nitrogens is 2. The molecule has 0 saturated carbocycles. The molecule has 9 heteroatoms. The molecule has 6 nitrogen and oxygen atoms in total. The van der Waals surface area contributed by atoms with Gasteiger partial charge in [0.15, 0.2) is 0 Å². The Kier molecular flexibility index (Phi) is 9.15. The molecule has 196 valence electrons. The number of halogens is 3. The Balaban J connectivity index is 1.45. The number of rotatable bonds is 9. The van der Waals surface area contributed by atoms with Crippen molar-refractivity contribution in [3.05, 3.63) is 109 Å². The topological polar surface area (TPSA) is 65.4 Å². The number of amides is 1. The van der Waals surface area contributed by atoms with Crippen molar-refractivity contribution in [2.24, 2.45) is 0 Å². The van der Waals surface area contributed by atoms with Gasteiger partial charge in [-0.1, -0.05) is 47.5 Å². The van der Waals surface area contributed by atoms with Crippen LogP contribution >= 0.6 is 39.1 Å². The summed E-state index contributed by atoms with van der Waals surface area (Å²) < 4.78 is 14.0. The van der Waals surface area contributed by atoms with Crippen molar-refractivity contribution in [2.75, 3.05) is 12.4 Å². The molecule has 0 aliphatic heterocycles. The molecule has 0 saturated heterocycles. The highest BCUT2D eigenvalue weighted by Crippen LogP contribution is 2.30. The van der Waals surface area contributed by atoms with Crippen molar-refractivity contribution >= 4 is 56.8 Å². The predicted molar refractivity (Wildman–Crippen MR) is 156 cm³/mol. The summed E-state index contributed by atoms with van der Waals surface area (Å²) in [6, 6.07) is 18.6. The minimum absolute atomic E-state index is 0.257. The number of nitrogens with zero attached hydrogens (tertiary/aromatic N) is 2. The van der Waals surface area contributed by atoms with E-state index >= 15 is 0 Å². The summed E-state index contributed by atoms with van der Waals surface area (Å²) in [5.41, 5.74) is 4.89. The van der Waals surface area contributed by atoms with Crippen molar-refractivity contribution in [3.8, 4) is 11.5 Å². The summed E-state index contributed by atoms with van der Waals surface area (Å²) in [4.78, 5) is 12.8. The first-order valence-electron chi connectivity index (χ1n) is 11.8. The minimum atomic E-state index is -0.257. The molecule has 4 rings (SSSR count). The first-order valence-corrected chi connectivity index (χ1v) is 13.3.